The Balaban J connectivity index is 1.62. The Bertz CT molecular complexity index is 820. The number of hydrogen-bond donors (Lipinski definition) is 1. The summed E-state index contributed by atoms with van der Waals surface area (Å²) in [6, 6.07) is 6.69. The van der Waals surface area contributed by atoms with Crippen LogP contribution in [0, 0.1) is 6.92 Å². The molecule has 0 aliphatic heterocycles. The largest absolute Gasteiger partial charge is 0.449 e. The first-order valence-corrected chi connectivity index (χ1v) is 9.73. The highest BCUT2D eigenvalue weighted by molar-refractivity contribution is 7.89. The van der Waals surface area contributed by atoms with Crippen LogP contribution in [0.4, 0.5) is 0 Å². The van der Waals surface area contributed by atoms with Crippen molar-refractivity contribution in [3.63, 3.8) is 0 Å². The van der Waals surface area contributed by atoms with Gasteiger partial charge in [-0.1, -0.05) is 23.8 Å². The minimum atomic E-state index is -3.48. The van der Waals surface area contributed by atoms with E-state index in [4.69, 9.17) is 4.42 Å². The molecule has 0 bridgehead atoms. The van der Waals surface area contributed by atoms with Crippen molar-refractivity contribution in [2.75, 3.05) is 6.54 Å². The Kier molecular flexibility index (Phi) is 5.16. The fourth-order valence-corrected chi connectivity index (χ4v) is 3.89. The summed E-state index contributed by atoms with van der Waals surface area (Å²) in [7, 11) is -3.48. The van der Waals surface area contributed by atoms with Crippen molar-refractivity contribution in [1.29, 1.82) is 0 Å². The van der Waals surface area contributed by atoms with Gasteiger partial charge in [-0.15, -0.1) is 0 Å². The number of sulfonamides is 1. The van der Waals surface area contributed by atoms with E-state index >= 15 is 0 Å². The lowest BCUT2D eigenvalue weighted by atomic mass is 9.97. The second-order valence-electron chi connectivity index (χ2n) is 6.03. The summed E-state index contributed by atoms with van der Waals surface area (Å²) in [5.41, 5.74) is 2.90. The van der Waals surface area contributed by atoms with Gasteiger partial charge in [0, 0.05) is 19.0 Å². The van der Waals surface area contributed by atoms with Crippen molar-refractivity contribution in [2.24, 2.45) is 0 Å². The molecular weight excluding hydrogens is 324 g/mol. The second-order valence-corrected chi connectivity index (χ2v) is 7.80. The first-order valence-electron chi connectivity index (χ1n) is 8.25. The third-order valence-corrected chi connectivity index (χ3v) is 5.68. The van der Waals surface area contributed by atoms with Gasteiger partial charge < -0.3 is 4.42 Å². The van der Waals surface area contributed by atoms with Gasteiger partial charge in [0.25, 0.3) is 0 Å². The molecule has 5 nitrogen and oxygen atoms in total. The van der Waals surface area contributed by atoms with E-state index in [0.717, 1.165) is 24.8 Å². The minimum absolute atomic E-state index is 0.268. The number of benzene rings is 1. The summed E-state index contributed by atoms with van der Waals surface area (Å²) in [4.78, 5) is 4.50. The zero-order chi connectivity index (χ0) is 17.0. The molecule has 24 heavy (non-hydrogen) atoms. The summed E-state index contributed by atoms with van der Waals surface area (Å²) < 4.78 is 32.6. The zero-order valence-corrected chi connectivity index (χ0v) is 14.6. The van der Waals surface area contributed by atoms with E-state index in [1.54, 1.807) is 37.5 Å². The van der Waals surface area contributed by atoms with Crippen LogP contribution in [-0.2, 0) is 10.0 Å². The third-order valence-electron chi connectivity index (χ3n) is 4.20. The summed E-state index contributed by atoms with van der Waals surface area (Å²) in [6.45, 7) is 2.21. The van der Waals surface area contributed by atoms with E-state index in [2.05, 4.69) is 15.8 Å². The van der Waals surface area contributed by atoms with Crippen LogP contribution in [0.3, 0.4) is 0 Å². The molecule has 1 aromatic heterocycles. The van der Waals surface area contributed by atoms with E-state index in [0.29, 0.717) is 18.1 Å². The maximum Gasteiger partial charge on any atom is 0.240 e. The highest BCUT2D eigenvalue weighted by atomic mass is 32.2. The van der Waals surface area contributed by atoms with Crippen molar-refractivity contribution in [1.82, 2.24) is 9.71 Å². The number of aryl methyl sites for hydroxylation is 1. The average molecular weight is 346 g/mol. The van der Waals surface area contributed by atoms with Gasteiger partial charge in [0.2, 0.25) is 10.0 Å². The van der Waals surface area contributed by atoms with Crippen LogP contribution < -0.4 is 4.72 Å². The Morgan fingerprint density at radius 2 is 2.00 bits per heavy atom. The van der Waals surface area contributed by atoms with Gasteiger partial charge in [0.15, 0.2) is 5.89 Å². The molecule has 3 rings (SSSR count). The highest BCUT2D eigenvalue weighted by Crippen LogP contribution is 2.22. The molecule has 0 atom stereocenters. The maximum absolute atomic E-state index is 12.4. The lowest BCUT2D eigenvalue weighted by molar-refractivity contribution is 0.521. The fraction of sp³-hybridized carbons (Fsp3) is 0.389. The molecule has 1 N–H and O–H groups in total. The van der Waals surface area contributed by atoms with Crippen LogP contribution in [0.2, 0.25) is 0 Å². The number of rotatable bonds is 6. The monoisotopic (exact) mass is 346 g/mol. The van der Waals surface area contributed by atoms with Gasteiger partial charge in [0.05, 0.1) is 4.90 Å². The topological polar surface area (TPSA) is 72.2 Å². The number of nitrogens with one attached hydrogen (secondary N) is 1. The second kappa shape index (κ2) is 7.32. The lowest BCUT2D eigenvalue weighted by Gasteiger charge is -2.13. The van der Waals surface area contributed by atoms with Crippen LogP contribution in [0.15, 0.2) is 51.5 Å². The van der Waals surface area contributed by atoms with Crippen molar-refractivity contribution < 1.29 is 12.8 Å². The first kappa shape index (κ1) is 16.9. The molecule has 2 aromatic rings. The SMILES string of the molecule is Cc1nc(-c2ccc(S(=O)(=O)NCCC3=CCCCC3)cc2)co1. The molecule has 128 valence electrons. The number of nitrogens with zero attached hydrogens (tertiary/aromatic N) is 1. The van der Waals surface area contributed by atoms with Crippen LogP contribution >= 0.6 is 0 Å². The lowest BCUT2D eigenvalue weighted by Crippen LogP contribution is -2.25. The van der Waals surface area contributed by atoms with Gasteiger partial charge in [-0.05, 0) is 44.2 Å². The quantitative estimate of drug-likeness (QED) is 0.807. The van der Waals surface area contributed by atoms with Gasteiger partial charge >= 0.3 is 0 Å². The highest BCUT2D eigenvalue weighted by Gasteiger charge is 2.14. The number of oxazole rings is 1. The molecule has 0 unspecified atom stereocenters. The number of allylic oxidation sites excluding steroid dienone is 1. The van der Waals surface area contributed by atoms with Gasteiger partial charge in [-0.25, -0.2) is 18.1 Å². The molecule has 0 saturated heterocycles. The Labute approximate surface area is 142 Å². The standard InChI is InChI=1S/C18H22N2O3S/c1-14-20-18(13-23-14)16-7-9-17(10-8-16)24(21,22)19-12-11-15-5-3-2-4-6-15/h5,7-10,13,19H,2-4,6,11-12H2,1H3. The van der Waals surface area contributed by atoms with Crippen LogP contribution in [0.5, 0.6) is 0 Å². The van der Waals surface area contributed by atoms with E-state index in [9.17, 15) is 8.42 Å². The Morgan fingerprint density at radius 3 is 2.62 bits per heavy atom. The van der Waals surface area contributed by atoms with Gasteiger partial charge in [-0.2, -0.15) is 0 Å². The molecule has 0 amide bonds. The van der Waals surface area contributed by atoms with Crippen LogP contribution in [-0.4, -0.2) is 19.9 Å². The number of hydrogen-bond acceptors (Lipinski definition) is 4. The summed E-state index contributed by atoms with van der Waals surface area (Å²) in [5.74, 6) is 0.584. The molecule has 1 heterocycles. The molecular formula is C18H22N2O3S. The molecule has 6 heteroatoms. The summed E-state index contributed by atoms with van der Waals surface area (Å²) in [6.07, 6.45) is 9.25. The van der Waals surface area contributed by atoms with Crippen LogP contribution in [0.1, 0.15) is 38.0 Å². The van der Waals surface area contributed by atoms with Gasteiger partial charge in [-0.3, -0.25) is 0 Å². The molecule has 1 aliphatic rings. The summed E-state index contributed by atoms with van der Waals surface area (Å²) in [5, 5.41) is 0. The van der Waals surface area contributed by atoms with Crippen molar-refractivity contribution in [3.8, 4) is 11.3 Å². The number of aromatic nitrogens is 1. The zero-order valence-electron chi connectivity index (χ0n) is 13.8. The molecule has 1 aliphatic carbocycles. The van der Waals surface area contributed by atoms with Gasteiger partial charge in [0.1, 0.15) is 12.0 Å². The molecule has 1 aromatic carbocycles. The van der Waals surface area contributed by atoms with E-state index in [1.165, 1.54) is 18.4 Å². The predicted octanol–water partition coefficient (Wildman–Crippen LogP) is 3.82. The van der Waals surface area contributed by atoms with Crippen LogP contribution in [0.25, 0.3) is 11.3 Å². The Morgan fingerprint density at radius 1 is 1.21 bits per heavy atom. The fourth-order valence-electron chi connectivity index (χ4n) is 2.86. The van der Waals surface area contributed by atoms with E-state index in [1.807, 2.05) is 0 Å². The molecule has 0 fully saturated rings. The van der Waals surface area contributed by atoms with E-state index in [-0.39, 0.29) is 4.90 Å². The van der Waals surface area contributed by atoms with Crippen molar-refractivity contribution in [3.05, 3.63) is 48.1 Å². The van der Waals surface area contributed by atoms with Crippen molar-refractivity contribution >= 4 is 10.0 Å². The van der Waals surface area contributed by atoms with Crippen molar-refractivity contribution in [2.45, 2.75) is 43.9 Å². The summed E-state index contributed by atoms with van der Waals surface area (Å²) >= 11 is 0. The Hall–Kier alpha value is -1.92. The predicted molar refractivity (Wildman–Crippen MR) is 93.0 cm³/mol. The van der Waals surface area contributed by atoms with E-state index < -0.39 is 10.0 Å². The molecule has 0 radical (unpaired) electrons. The first-order chi connectivity index (χ1) is 11.5. The average Bonchev–Trinajstić information content (AvgIpc) is 3.02. The normalized spacial score (nSPS) is 15.3. The molecule has 0 saturated carbocycles. The molecule has 0 spiro atoms. The smallest absolute Gasteiger partial charge is 0.240 e. The minimum Gasteiger partial charge on any atom is -0.449 e. The third kappa shape index (κ3) is 4.13. The maximum atomic E-state index is 12.4.